The molecule has 1 aromatic heterocycles. The van der Waals surface area contributed by atoms with Gasteiger partial charge in [0.25, 0.3) is 0 Å². The lowest BCUT2D eigenvalue weighted by Gasteiger charge is -2.11. The molecule has 2 heterocycles. The SMILES string of the molecule is CC1CCN(c2c[nH]cn2)C1=O. The molecule has 2 rings (SSSR count). The van der Waals surface area contributed by atoms with Crippen molar-refractivity contribution in [1.82, 2.24) is 9.97 Å². The third kappa shape index (κ3) is 0.995. The van der Waals surface area contributed by atoms with Gasteiger partial charge in [-0.3, -0.25) is 9.69 Å². The van der Waals surface area contributed by atoms with Crippen molar-refractivity contribution < 1.29 is 4.79 Å². The molecule has 1 aromatic rings. The van der Waals surface area contributed by atoms with Crippen LogP contribution in [0, 0.1) is 5.92 Å². The smallest absolute Gasteiger partial charge is 0.231 e. The van der Waals surface area contributed by atoms with Gasteiger partial charge in [-0.25, -0.2) is 4.98 Å². The molecule has 1 N–H and O–H groups in total. The second-order valence-corrected chi connectivity index (χ2v) is 3.11. The topological polar surface area (TPSA) is 49.0 Å². The van der Waals surface area contributed by atoms with Gasteiger partial charge in [0.15, 0.2) is 5.82 Å². The van der Waals surface area contributed by atoms with Crippen LogP contribution >= 0.6 is 0 Å². The number of H-pyrrole nitrogens is 1. The molecule has 4 nitrogen and oxygen atoms in total. The van der Waals surface area contributed by atoms with Crippen LogP contribution in [-0.2, 0) is 4.79 Å². The fourth-order valence-electron chi connectivity index (χ4n) is 1.45. The summed E-state index contributed by atoms with van der Waals surface area (Å²) < 4.78 is 0. The number of amides is 1. The van der Waals surface area contributed by atoms with Crippen molar-refractivity contribution in [1.29, 1.82) is 0 Å². The molecule has 1 saturated heterocycles. The maximum atomic E-state index is 11.5. The van der Waals surface area contributed by atoms with E-state index in [0.29, 0.717) is 0 Å². The third-order valence-electron chi connectivity index (χ3n) is 2.23. The Labute approximate surface area is 70.6 Å². The van der Waals surface area contributed by atoms with Gasteiger partial charge >= 0.3 is 0 Å². The normalized spacial score (nSPS) is 23.6. The number of aromatic amines is 1. The molecule has 1 unspecified atom stereocenters. The summed E-state index contributed by atoms with van der Waals surface area (Å²) in [6.45, 7) is 2.75. The Morgan fingerprint density at radius 2 is 2.58 bits per heavy atom. The van der Waals surface area contributed by atoms with E-state index in [9.17, 15) is 4.79 Å². The molecule has 4 heteroatoms. The minimum Gasteiger partial charge on any atom is -0.349 e. The minimum atomic E-state index is 0.154. The lowest BCUT2D eigenvalue weighted by atomic mass is 10.1. The molecule has 1 atom stereocenters. The van der Waals surface area contributed by atoms with Crippen LogP contribution in [0.4, 0.5) is 5.82 Å². The van der Waals surface area contributed by atoms with Crippen LogP contribution in [0.5, 0.6) is 0 Å². The highest BCUT2D eigenvalue weighted by Gasteiger charge is 2.29. The van der Waals surface area contributed by atoms with Crippen LogP contribution in [0.15, 0.2) is 12.5 Å². The highest BCUT2D eigenvalue weighted by atomic mass is 16.2. The Kier molecular flexibility index (Phi) is 1.60. The van der Waals surface area contributed by atoms with Crippen LogP contribution < -0.4 is 4.90 Å². The second kappa shape index (κ2) is 2.62. The molecule has 0 spiro atoms. The summed E-state index contributed by atoms with van der Waals surface area (Å²) in [5, 5.41) is 0. The lowest BCUT2D eigenvalue weighted by molar-refractivity contribution is -0.119. The number of anilines is 1. The Morgan fingerprint density at radius 3 is 3.08 bits per heavy atom. The number of aromatic nitrogens is 2. The van der Waals surface area contributed by atoms with Crippen molar-refractivity contribution in [3.63, 3.8) is 0 Å². The first kappa shape index (κ1) is 7.34. The average molecular weight is 165 g/mol. The van der Waals surface area contributed by atoms with Gasteiger partial charge in [0.2, 0.25) is 5.91 Å². The predicted octanol–water partition coefficient (Wildman–Crippen LogP) is 0.782. The molecule has 0 aromatic carbocycles. The summed E-state index contributed by atoms with van der Waals surface area (Å²) in [7, 11) is 0. The number of rotatable bonds is 1. The number of nitrogens with zero attached hydrogens (tertiary/aromatic N) is 2. The van der Waals surface area contributed by atoms with Crippen molar-refractivity contribution in [3.05, 3.63) is 12.5 Å². The van der Waals surface area contributed by atoms with Gasteiger partial charge < -0.3 is 4.98 Å². The molecule has 1 fully saturated rings. The number of hydrogen-bond donors (Lipinski definition) is 1. The first-order valence-corrected chi connectivity index (χ1v) is 4.09. The molecule has 1 aliphatic heterocycles. The number of carbonyl (C=O) groups excluding carboxylic acids is 1. The summed E-state index contributed by atoms with van der Waals surface area (Å²) >= 11 is 0. The third-order valence-corrected chi connectivity index (χ3v) is 2.23. The van der Waals surface area contributed by atoms with E-state index >= 15 is 0 Å². The van der Waals surface area contributed by atoms with E-state index in [1.165, 1.54) is 0 Å². The fourth-order valence-corrected chi connectivity index (χ4v) is 1.45. The Morgan fingerprint density at radius 1 is 1.75 bits per heavy atom. The molecule has 0 aliphatic carbocycles. The van der Waals surface area contributed by atoms with Crippen LogP contribution in [-0.4, -0.2) is 22.4 Å². The van der Waals surface area contributed by atoms with E-state index in [-0.39, 0.29) is 11.8 Å². The zero-order valence-electron chi connectivity index (χ0n) is 6.95. The number of nitrogens with one attached hydrogen (secondary N) is 1. The molecule has 64 valence electrons. The van der Waals surface area contributed by atoms with Crippen molar-refractivity contribution >= 4 is 11.7 Å². The first-order chi connectivity index (χ1) is 5.79. The van der Waals surface area contributed by atoms with E-state index < -0.39 is 0 Å². The maximum absolute atomic E-state index is 11.5. The predicted molar refractivity (Wildman–Crippen MR) is 44.7 cm³/mol. The summed E-state index contributed by atoms with van der Waals surface area (Å²) in [5.74, 6) is 1.08. The maximum Gasteiger partial charge on any atom is 0.231 e. The molecule has 0 saturated carbocycles. The molecule has 1 aliphatic rings. The van der Waals surface area contributed by atoms with Gasteiger partial charge in [0.05, 0.1) is 6.33 Å². The zero-order valence-corrected chi connectivity index (χ0v) is 6.95. The second-order valence-electron chi connectivity index (χ2n) is 3.11. The van der Waals surface area contributed by atoms with Crippen molar-refractivity contribution in [3.8, 4) is 0 Å². The quantitative estimate of drug-likeness (QED) is 0.668. The Hall–Kier alpha value is -1.32. The lowest BCUT2D eigenvalue weighted by Crippen LogP contribution is -2.26. The highest BCUT2D eigenvalue weighted by Crippen LogP contribution is 2.21. The molecule has 0 radical (unpaired) electrons. The van der Waals surface area contributed by atoms with Crippen molar-refractivity contribution in [2.24, 2.45) is 5.92 Å². The standard InChI is InChI=1S/C8H11N3O/c1-6-2-3-11(8(6)12)7-4-9-5-10-7/h4-6H,2-3H2,1H3,(H,9,10). The largest absolute Gasteiger partial charge is 0.349 e. The highest BCUT2D eigenvalue weighted by molar-refractivity contribution is 5.95. The zero-order chi connectivity index (χ0) is 8.55. The average Bonchev–Trinajstić information content (AvgIpc) is 2.64. The van der Waals surface area contributed by atoms with Crippen molar-refractivity contribution in [2.45, 2.75) is 13.3 Å². The van der Waals surface area contributed by atoms with E-state index in [1.807, 2.05) is 6.92 Å². The van der Waals surface area contributed by atoms with Crippen molar-refractivity contribution in [2.75, 3.05) is 11.4 Å². The summed E-state index contributed by atoms with van der Waals surface area (Å²) in [6.07, 6.45) is 4.27. The molecule has 0 bridgehead atoms. The molecule has 12 heavy (non-hydrogen) atoms. The van der Waals surface area contributed by atoms with Gasteiger partial charge in [0, 0.05) is 18.7 Å². The van der Waals surface area contributed by atoms with E-state index in [4.69, 9.17) is 0 Å². The van der Waals surface area contributed by atoms with Crippen LogP contribution in [0.2, 0.25) is 0 Å². The Balaban J connectivity index is 2.22. The minimum absolute atomic E-state index is 0.154. The molecular formula is C8H11N3O. The van der Waals surface area contributed by atoms with E-state index in [1.54, 1.807) is 17.4 Å². The van der Waals surface area contributed by atoms with Crippen LogP contribution in [0.1, 0.15) is 13.3 Å². The van der Waals surface area contributed by atoms with Gasteiger partial charge in [-0.05, 0) is 6.42 Å². The number of imidazole rings is 1. The number of hydrogen-bond acceptors (Lipinski definition) is 2. The van der Waals surface area contributed by atoms with Crippen LogP contribution in [0.25, 0.3) is 0 Å². The van der Waals surface area contributed by atoms with E-state index in [2.05, 4.69) is 9.97 Å². The Bertz CT molecular complexity index is 281. The van der Waals surface area contributed by atoms with Gasteiger partial charge in [-0.1, -0.05) is 6.92 Å². The summed E-state index contributed by atoms with van der Waals surface area (Å²) in [5.41, 5.74) is 0. The molecular weight excluding hydrogens is 154 g/mol. The van der Waals surface area contributed by atoms with Crippen LogP contribution in [0.3, 0.4) is 0 Å². The van der Waals surface area contributed by atoms with E-state index in [0.717, 1.165) is 18.8 Å². The number of carbonyl (C=O) groups is 1. The van der Waals surface area contributed by atoms with Gasteiger partial charge in [-0.2, -0.15) is 0 Å². The summed E-state index contributed by atoms with van der Waals surface area (Å²) in [6, 6.07) is 0. The van der Waals surface area contributed by atoms with Gasteiger partial charge in [0.1, 0.15) is 0 Å². The molecule has 1 amide bonds. The first-order valence-electron chi connectivity index (χ1n) is 4.09. The fraction of sp³-hybridized carbons (Fsp3) is 0.500. The summed E-state index contributed by atoms with van der Waals surface area (Å²) in [4.78, 5) is 20.1. The monoisotopic (exact) mass is 165 g/mol. The van der Waals surface area contributed by atoms with Gasteiger partial charge in [-0.15, -0.1) is 0 Å².